The van der Waals surface area contributed by atoms with Crippen molar-refractivity contribution in [3.63, 3.8) is 0 Å². The van der Waals surface area contributed by atoms with E-state index in [9.17, 15) is 9.59 Å². The topological polar surface area (TPSA) is 65.0 Å². The summed E-state index contributed by atoms with van der Waals surface area (Å²) in [6.45, 7) is 5.86. The van der Waals surface area contributed by atoms with Crippen LogP contribution in [0.3, 0.4) is 0 Å². The number of benzene rings is 2. The molecule has 1 aliphatic carbocycles. The highest BCUT2D eigenvalue weighted by Crippen LogP contribution is 2.48. The highest BCUT2D eigenvalue weighted by atomic mass is 16.5. The summed E-state index contributed by atoms with van der Waals surface area (Å²) >= 11 is 0. The first kappa shape index (κ1) is 18.9. The minimum atomic E-state index is -0.656. The van der Waals surface area contributed by atoms with Gasteiger partial charge in [0, 0.05) is 28.3 Å². The summed E-state index contributed by atoms with van der Waals surface area (Å²) in [6, 6.07) is 14.9. The van der Waals surface area contributed by atoms with E-state index >= 15 is 0 Å². The molecule has 1 aliphatic heterocycles. The van der Waals surface area contributed by atoms with E-state index in [0.717, 1.165) is 11.1 Å². The highest BCUT2D eigenvalue weighted by molar-refractivity contribution is 6.24. The molecule has 0 saturated heterocycles. The molecule has 4 rings (SSSR count). The van der Waals surface area contributed by atoms with Crippen molar-refractivity contribution in [3.8, 4) is 5.75 Å². The Morgan fingerprint density at radius 3 is 2.48 bits per heavy atom. The first-order valence-corrected chi connectivity index (χ1v) is 9.41. The molecule has 0 spiro atoms. The number of methoxy groups -OCH3 is 1. The molecule has 29 heavy (non-hydrogen) atoms. The van der Waals surface area contributed by atoms with Gasteiger partial charge in [-0.3, -0.25) is 14.6 Å². The van der Waals surface area contributed by atoms with Crippen molar-refractivity contribution in [1.29, 1.82) is 0 Å². The van der Waals surface area contributed by atoms with Crippen molar-refractivity contribution >= 4 is 23.2 Å². The summed E-state index contributed by atoms with van der Waals surface area (Å²) < 4.78 is 10.6. The molecule has 146 valence electrons. The number of carbonyl (C=O) groups excluding carboxylic acids is 2. The molecular weight excluding hydrogens is 366 g/mol. The number of hydrogen-bond donors (Lipinski definition) is 0. The number of ether oxygens (including phenoxy) is 2. The van der Waals surface area contributed by atoms with Crippen molar-refractivity contribution in [2.24, 2.45) is 10.9 Å². The molecule has 2 aromatic rings. The molecule has 1 unspecified atom stereocenters. The maximum absolute atomic E-state index is 13.3. The Hall–Kier alpha value is -3.47. The summed E-state index contributed by atoms with van der Waals surface area (Å²) in [5.74, 6) is -0.920. The number of Topliss-reactive ketones (excluding diaryl/α,β-unsaturated/α-hetero) is 1. The molecule has 2 atom stereocenters. The average Bonchev–Trinajstić information content (AvgIpc) is 3.03. The maximum atomic E-state index is 13.3. The van der Waals surface area contributed by atoms with Crippen LogP contribution < -0.4 is 4.74 Å². The Kier molecular flexibility index (Phi) is 4.89. The number of hydrogen-bond acceptors (Lipinski definition) is 5. The number of carbonyl (C=O) groups is 2. The Morgan fingerprint density at radius 2 is 1.83 bits per heavy atom. The van der Waals surface area contributed by atoms with E-state index < -0.39 is 17.8 Å². The highest BCUT2D eigenvalue weighted by Gasteiger charge is 2.45. The third kappa shape index (κ3) is 3.09. The lowest BCUT2D eigenvalue weighted by Crippen LogP contribution is -2.34. The fraction of sp³-hybridized carbons (Fsp3) is 0.208. The first-order chi connectivity index (χ1) is 14.1. The van der Waals surface area contributed by atoms with Gasteiger partial charge < -0.3 is 9.47 Å². The summed E-state index contributed by atoms with van der Waals surface area (Å²) in [6.07, 6.45) is 1.67. The quantitative estimate of drug-likeness (QED) is 0.570. The number of aliphatic imine (C=N–C) groups is 1. The summed E-state index contributed by atoms with van der Waals surface area (Å²) in [7, 11) is 1.36. The fourth-order valence-electron chi connectivity index (χ4n) is 4.07. The van der Waals surface area contributed by atoms with E-state index in [0.29, 0.717) is 34.9 Å². The smallest absolute Gasteiger partial charge is 0.315 e. The largest absolute Gasteiger partial charge is 0.490 e. The van der Waals surface area contributed by atoms with Crippen LogP contribution in [0.4, 0.5) is 0 Å². The minimum Gasteiger partial charge on any atom is -0.490 e. The van der Waals surface area contributed by atoms with Crippen LogP contribution in [0.2, 0.25) is 0 Å². The van der Waals surface area contributed by atoms with Gasteiger partial charge in [-0.1, -0.05) is 49.1 Å². The molecule has 2 aromatic carbocycles. The summed E-state index contributed by atoms with van der Waals surface area (Å²) in [5, 5.41) is 0. The number of ketones is 1. The second-order valence-corrected chi connectivity index (χ2v) is 7.04. The lowest BCUT2D eigenvalue weighted by atomic mass is 9.75. The van der Waals surface area contributed by atoms with Crippen LogP contribution in [0.15, 0.2) is 71.8 Å². The van der Waals surface area contributed by atoms with Crippen molar-refractivity contribution in [3.05, 3.63) is 83.4 Å². The van der Waals surface area contributed by atoms with E-state index in [1.165, 1.54) is 7.11 Å². The molecule has 5 heteroatoms. The van der Waals surface area contributed by atoms with Crippen LogP contribution in [0.5, 0.6) is 5.75 Å². The lowest BCUT2D eigenvalue weighted by molar-refractivity contribution is -0.143. The van der Waals surface area contributed by atoms with E-state index in [1.807, 2.05) is 49.4 Å². The van der Waals surface area contributed by atoms with Gasteiger partial charge in [-0.2, -0.15) is 0 Å². The molecule has 0 saturated carbocycles. The predicted molar refractivity (Wildman–Crippen MR) is 111 cm³/mol. The molecule has 2 aliphatic rings. The number of fused-ring (bicyclic) bond motifs is 2. The summed E-state index contributed by atoms with van der Waals surface area (Å²) in [4.78, 5) is 30.6. The number of nitrogens with zero attached hydrogens (tertiary/aromatic N) is 1. The fourth-order valence-corrected chi connectivity index (χ4v) is 4.07. The van der Waals surface area contributed by atoms with Gasteiger partial charge in [-0.15, -0.1) is 0 Å². The van der Waals surface area contributed by atoms with Crippen LogP contribution in [-0.4, -0.2) is 31.2 Å². The van der Waals surface area contributed by atoms with Crippen molar-refractivity contribution in [2.45, 2.75) is 12.8 Å². The zero-order chi connectivity index (χ0) is 20.5. The third-order valence-corrected chi connectivity index (χ3v) is 5.37. The van der Waals surface area contributed by atoms with Crippen molar-refractivity contribution < 1.29 is 19.1 Å². The predicted octanol–water partition coefficient (Wildman–Crippen LogP) is 4.21. The molecule has 0 amide bonds. The average molecular weight is 387 g/mol. The molecule has 0 aromatic heterocycles. The van der Waals surface area contributed by atoms with E-state index in [-0.39, 0.29) is 5.78 Å². The monoisotopic (exact) mass is 387 g/mol. The maximum Gasteiger partial charge on any atom is 0.315 e. The summed E-state index contributed by atoms with van der Waals surface area (Å²) in [5.41, 5.74) is 4.11. The first-order valence-electron chi connectivity index (χ1n) is 9.41. The number of allylic oxidation sites excluding steroid dienone is 1. The van der Waals surface area contributed by atoms with Crippen LogP contribution in [0.25, 0.3) is 5.70 Å². The molecular formula is C24H21NO4. The van der Waals surface area contributed by atoms with Crippen LogP contribution in [0.1, 0.15) is 34.3 Å². The van der Waals surface area contributed by atoms with Crippen LogP contribution >= 0.6 is 0 Å². The Bertz CT molecular complexity index is 1060. The minimum absolute atomic E-state index is 0.0854. The SMILES string of the molecule is C=CCOc1ccc([C@H]2C3=C(N=C(C)C2C(=O)OC)c2ccccc2C3=O)cc1. The molecule has 0 bridgehead atoms. The van der Waals surface area contributed by atoms with Crippen LogP contribution in [-0.2, 0) is 9.53 Å². The Labute approximate surface area is 169 Å². The Morgan fingerprint density at radius 1 is 1.14 bits per heavy atom. The molecule has 0 N–H and O–H groups in total. The zero-order valence-electron chi connectivity index (χ0n) is 16.3. The van der Waals surface area contributed by atoms with Gasteiger partial charge in [0.25, 0.3) is 0 Å². The van der Waals surface area contributed by atoms with Gasteiger partial charge in [0.1, 0.15) is 18.3 Å². The van der Waals surface area contributed by atoms with Gasteiger partial charge in [0.05, 0.1) is 12.8 Å². The van der Waals surface area contributed by atoms with Gasteiger partial charge >= 0.3 is 5.97 Å². The van der Waals surface area contributed by atoms with Gasteiger partial charge in [-0.05, 0) is 24.6 Å². The zero-order valence-corrected chi connectivity index (χ0v) is 16.3. The second-order valence-electron chi connectivity index (χ2n) is 7.04. The Balaban J connectivity index is 1.84. The third-order valence-electron chi connectivity index (χ3n) is 5.37. The number of esters is 1. The van der Waals surface area contributed by atoms with E-state index in [2.05, 4.69) is 11.6 Å². The van der Waals surface area contributed by atoms with Crippen LogP contribution in [0, 0.1) is 5.92 Å². The number of rotatable bonds is 5. The standard InChI is InChI=1S/C24H21NO4/c1-4-13-29-16-11-9-15(10-12-16)20-19(24(27)28-3)14(2)25-22-17-7-5-6-8-18(17)23(26)21(20)22/h4-12,19-20H,1,13H2,2-3H3/t19?,20-/m1/s1. The van der Waals surface area contributed by atoms with E-state index in [1.54, 1.807) is 12.1 Å². The lowest BCUT2D eigenvalue weighted by Gasteiger charge is -2.30. The normalized spacial score (nSPS) is 19.9. The van der Waals surface area contributed by atoms with Gasteiger partial charge in [0.2, 0.25) is 0 Å². The van der Waals surface area contributed by atoms with Crippen molar-refractivity contribution in [1.82, 2.24) is 0 Å². The van der Waals surface area contributed by atoms with Gasteiger partial charge in [0.15, 0.2) is 5.78 Å². The molecule has 1 heterocycles. The molecule has 0 fully saturated rings. The molecule has 5 nitrogen and oxygen atoms in total. The second kappa shape index (κ2) is 7.51. The van der Waals surface area contributed by atoms with E-state index in [4.69, 9.17) is 9.47 Å². The van der Waals surface area contributed by atoms with Crippen molar-refractivity contribution in [2.75, 3.05) is 13.7 Å². The molecule has 0 radical (unpaired) electrons. The van der Waals surface area contributed by atoms with Gasteiger partial charge in [-0.25, -0.2) is 0 Å².